The Kier molecular flexibility index (Phi) is 8.14. The SMILES string of the molecule is CC(C)[C@@H]1CC[C@@H](C)CC(=O)N2C[C@H]3C[C@@H](CN(C(=O)Cn4c(=O)oc5ccccc54)C3)[C@@H]2CCCC(=O)N1. The molecule has 0 aliphatic carbocycles. The van der Waals surface area contributed by atoms with Crippen molar-refractivity contribution in [2.24, 2.45) is 23.7 Å². The molecule has 39 heavy (non-hydrogen) atoms. The summed E-state index contributed by atoms with van der Waals surface area (Å²) in [4.78, 5) is 56.2. The standard InChI is InChI=1S/C30H42N4O5/c1-19(2)23-12-11-20(3)13-28(36)33-16-21-14-22(24(33)8-6-10-27(35)31-23)17-32(15-21)29(37)18-34-25-7-4-5-9-26(25)39-30(34)38/h4-5,7,9,19-24H,6,8,10-18H2,1-3H3,(H,31,35)/t20-,21+,22+,23+,24+/m1/s1. The van der Waals surface area contributed by atoms with Crippen LogP contribution in [0.2, 0.25) is 0 Å². The van der Waals surface area contributed by atoms with Gasteiger partial charge < -0.3 is 19.5 Å². The van der Waals surface area contributed by atoms with Crippen LogP contribution in [-0.4, -0.2) is 63.8 Å². The number of nitrogens with one attached hydrogen (secondary N) is 1. The number of fused-ring (bicyclic) bond motifs is 5. The molecule has 5 rings (SSSR count). The summed E-state index contributed by atoms with van der Waals surface area (Å²) in [7, 11) is 0. The molecule has 1 aromatic carbocycles. The van der Waals surface area contributed by atoms with E-state index >= 15 is 0 Å². The molecule has 9 nitrogen and oxygen atoms in total. The predicted molar refractivity (Wildman–Crippen MR) is 148 cm³/mol. The number of amides is 3. The largest absolute Gasteiger partial charge is 0.420 e. The van der Waals surface area contributed by atoms with Gasteiger partial charge in [0, 0.05) is 44.6 Å². The molecule has 212 valence electrons. The molecule has 1 aromatic heterocycles. The fourth-order valence-corrected chi connectivity index (χ4v) is 6.91. The molecule has 0 spiro atoms. The van der Waals surface area contributed by atoms with Gasteiger partial charge in [-0.2, -0.15) is 0 Å². The van der Waals surface area contributed by atoms with Crippen LogP contribution in [0.1, 0.15) is 65.7 Å². The summed E-state index contributed by atoms with van der Waals surface area (Å²) in [5, 5.41) is 3.24. The number of oxazole rings is 1. The number of rotatable bonds is 3. The number of benzene rings is 1. The minimum absolute atomic E-state index is 0.0171. The molecule has 2 bridgehead atoms. The second kappa shape index (κ2) is 11.6. The van der Waals surface area contributed by atoms with Crippen LogP contribution in [0.5, 0.6) is 0 Å². The lowest BCUT2D eigenvalue weighted by atomic mass is 9.77. The number of aromatic nitrogens is 1. The fourth-order valence-electron chi connectivity index (χ4n) is 6.91. The molecule has 3 aliphatic heterocycles. The Morgan fingerprint density at radius 1 is 1.08 bits per heavy atom. The zero-order chi connectivity index (χ0) is 27.7. The highest BCUT2D eigenvalue weighted by Gasteiger charge is 2.43. The Bertz CT molecular complexity index is 1270. The van der Waals surface area contributed by atoms with Crippen molar-refractivity contribution < 1.29 is 18.8 Å². The van der Waals surface area contributed by atoms with Gasteiger partial charge in [0.2, 0.25) is 17.7 Å². The molecule has 0 radical (unpaired) electrons. The van der Waals surface area contributed by atoms with E-state index < -0.39 is 5.76 Å². The van der Waals surface area contributed by atoms with E-state index in [4.69, 9.17) is 4.42 Å². The van der Waals surface area contributed by atoms with Gasteiger partial charge in [-0.15, -0.1) is 0 Å². The van der Waals surface area contributed by atoms with Crippen LogP contribution in [0, 0.1) is 23.7 Å². The molecule has 1 N–H and O–H groups in total. The lowest BCUT2D eigenvalue weighted by Gasteiger charge is -2.51. The van der Waals surface area contributed by atoms with Crippen LogP contribution >= 0.6 is 0 Å². The van der Waals surface area contributed by atoms with E-state index in [0.29, 0.717) is 55.9 Å². The molecule has 3 amide bonds. The second-order valence-electron chi connectivity index (χ2n) is 12.4. The molecule has 4 heterocycles. The number of piperidine rings is 2. The first kappa shape index (κ1) is 27.5. The first-order valence-corrected chi connectivity index (χ1v) is 14.6. The summed E-state index contributed by atoms with van der Waals surface area (Å²) in [5.41, 5.74) is 1.09. The first-order valence-electron chi connectivity index (χ1n) is 14.6. The maximum Gasteiger partial charge on any atom is 0.420 e. The van der Waals surface area contributed by atoms with Crippen LogP contribution in [0.3, 0.4) is 0 Å². The second-order valence-corrected chi connectivity index (χ2v) is 12.4. The van der Waals surface area contributed by atoms with E-state index in [-0.39, 0.29) is 54.1 Å². The van der Waals surface area contributed by atoms with Crippen LogP contribution < -0.4 is 11.1 Å². The Hall–Kier alpha value is -3.10. The molecule has 2 aromatic rings. The minimum Gasteiger partial charge on any atom is -0.408 e. The summed E-state index contributed by atoms with van der Waals surface area (Å²) < 4.78 is 6.72. The van der Waals surface area contributed by atoms with E-state index in [2.05, 4.69) is 31.0 Å². The van der Waals surface area contributed by atoms with E-state index in [1.54, 1.807) is 18.2 Å². The zero-order valence-corrected chi connectivity index (χ0v) is 23.4. The molecule has 0 unspecified atom stereocenters. The lowest BCUT2D eigenvalue weighted by molar-refractivity contribution is -0.146. The van der Waals surface area contributed by atoms with Crippen molar-refractivity contribution in [3.8, 4) is 0 Å². The number of likely N-dealkylation sites (tertiary alicyclic amines) is 1. The van der Waals surface area contributed by atoms with E-state index in [1.807, 2.05) is 11.0 Å². The molecule has 3 aliphatic rings. The Balaban J connectivity index is 1.31. The number of para-hydroxylation sites is 2. The van der Waals surface area contributed by atoms with Gasteiger partial charge >= 0.3 is 5.76 Å². The van der Waals surface area contributed by atoms with Crippen molar-refractivity contribution in [3.63, 3.8) is 0 Å². The Morgan fingerprint density at radius 3 is 2.67 bits per heavy atom. The topological polar surface area (TPSA) is 105 Å². The Labute approximate surface area is 229 Å². The van der Waals surface area contributed by atoms with Gasteiger partial charge in [0.25, 0.3) is 0 Å². The first-order chi connectivity index (χ1) is 18.7. The van der Waals surface area contributed by atoms with Crippen molar-refractivity contribution in [2.75, 3.05) is 19.6 Å². The van der Waals surface area contributed by atoms with Crippen molar-refractivity contribution in [2.45, 2.75) is 84.3 Å². The predicted octanol–water partition coefficient (Wildman–Crippen LogP) is 3.40. The number of carbonyl (C=O) groups excluding carboxylic acids is 3. The monoisotopic (exact) mass is 538 g/mol. The van der Waals surface area contributed by atoms with Crippen molar-refractivity contribution in [1.82, 2.24) is 19.7 Å². The quantitative estimate of drug-likeness (QED) is 0.645. The highest BCUT2D eigenvalue weighted by atomic mass is 16.4. The van der Waals surface area contributed by atoms with Crippen LogP contribution in [0.4, 0.5) is 0 Å². The minimum atomic E-state index is -0.527. The molecule has 3 fully saturated rings. The smallest absolute Gasteiger partial charge is 0.408 e. The zero-order valence-electron chi connectivity index (χ0n) is 23.4. The maximum atomic E-state index is 13.6. The molecule has 5 atom stereocenters. The Morgan fingerprint density at radius 2 is 1.87 bits per heavy atom. The molecule has 9 heteroatoms. The van der Waals surface area contributed by atoms with Gasteiger partial charge in [-0.3, -0.25) is 19.0 Å². The van der Waals surface area contributed by atoms with E-state index in [9.17, 15) is 19.2 Å². The summed E-state index contributed by atoms with van der Waals surface area (Å²) in [6.45, 7) is 8.15. The average Bonchev–Trinajstić information content (AvgIpc) is 3.21. The normalized spacial score (nSPS) is 28.9. The van der Waals surface area contributed by atoms with Gasteiger partial charge in [0.15, 0.2) is 5.58 Å². The average molecular weight is 539 g/mol. The number of hydrogen-bond acceptors (Lipinski definition) is 5. The van der Waals surface area contributed by atoms with E-state index in [1.165, 1.54) is 4.57 Å². The molecule has 0 saturated carbocycles. The summed E-state index contributed by atoms with van der Waals surface area (Å²) in [5.74, 6) is 0.646. The van der Waals surface area contributed by atoms with Crippen LogP contribution in [0.25, 0.3) is 11.1 Å². The third kappa shape index (κ3) is 6.07. The molecular weight excluding hydrogens is 496 g/mol. The van der Waals surface area contributed by atoms with Gasteiger partial charge in [0.1, 0.15) is 6.54 Å². The number of hydrogen-bond donors (Lipinski definition) is 1. The summed E-state index contributed by atoms with van der Waals surface area (Å²) in [6, 6.07) is 7.29. The highest BCUT2D eigenvalue weighted by Crippen LogP contribution is 2.36. The van der Waals surface area contributed by atoms with Crippen molar-refractivity contribution in [3.05, 3.63) is 34.8 Å². The van der Waals surface area contributed by atoms with Crippen molar-refractivity contribution >= 4 is 28.8 Å². The molecular formula is C30H42N4O5. The third-order valence-electron chi connectivity index (χ3n) is 9.06. The highest BCUT2D eigenvalue weighted by molar-refractivity contribution is 5.80. The third-order valence-corrected chi connectivity index (χ3v) is 9.06. The van der Waals surface area contributed by atoms with E-state index in [0.717, 1.165) is 25.7 Å². The lowest BCUT2D eigenvalue weighted by Crippen LogP contribution is -2.60. The van der Waals surface area contributed by atoms with Gasteiger partial charge in [-0.1, -0.05) is 32.9 Å². The fraction of sp³-hybridized carbons (Fsp3) is 0.667. The van der Waals surface area contributed by atoms with Crippen LogP contribution in [0.15, 0.2) is 33.5 Å². The summed E-state index contributed by atoms with van der Waals surface area (Å²) in [6.07, 6.45) is 5.21. The summed E-state index contributed by atoms with van der Waals surface area (Å²) >= 11 is 0. The van der Waals surface area contributed by atoms with Crippen LogP contribution in [-0.2, 0) is 20.9 Å². The maximum absolute atomic E-state index is 13.6. The van der Waals surface area contributed by atoms with Crippen molar-refractivity contribution in [1.29, 1.82) is 0 Å². The van der Waals surface area contributed by atoms with Gasteiger partial charge in [-0.25, -0.2) is 4.79 Å². The number of nitrogens with zero attached hydrogens (tertiary/aromatic N) is 3. The number of carbonyl (C=O) groups is 3. The van der Waals surface area contributed by atoms with Gasteiger partial charge in [0.05, 0.1) is 5.52 Å². The molecule has 3 saturated heterocycles. The van der Waals surface area contributed by atoms with Gasteiger partial charge in [-0.05, 0) is 67.9 Å².